The van der Waals surface area contributed by atoms with Crippen molar-refractivity contribution in [2.75, 3.05) is 24.8 Å². The average molecular weight is 411 g/mol. The summed E-state index contributed by atoms with van der Waals surface area (Å²) < 4.78 is 10.7. The number of nitro groups is 1. The van der Waals surface area contributed by atoms with Crippen LogP contribution in [0, 0.1) is 10.1 Å². The van der Waals surface area contributed by atoms with Gasteiger partial charge >= 0.3 is 0 Å². The van der Waals surface area contributed by atoms with Gasteiger partial charge in [-0.2, -0.15) is 0 Å². The number of hydrogen-bond donors (Lipinski definition) is 1. The van der Waals surface area contributed by atoms with Gasteiger partial charge in [0.15, 0.2) is 0 Å². The van der Waals surface area contributed by atoms with Gasteiger partial charge in [-0.1, -0.05) is 11.6 Å². The number of rotatable bonds is 9. The molecule has 27 heavy (non-hydrogen) atoms. The smallest absolute Gasteiger partial charge is 0.271 e. The topological polar surface area (TPSA) is 90.7 Å². The fraction of sp³-hybridized carbons (Fsp3) is 0.278. The second kappa shape index (κ2) is 10.0. The standard InChI is InChI=1S/C18H19ClN2O5S/c1-12(27-10-9-26-15-6-4-14(25-2)5-7-15)18(22)20-17-11-13(21(23)24)3-8-16(17)19/h3-8,11-12H,9-10H2,1-2H3,(H,20,22). The molecule has 0 fully saturated rings. The normalized spacial score (nSPS) is 11.5. The summed E-state index contributed by atoms with van der Waals surface area (Å²) in [6.07, 6.45) is 0. The number of carbonyl (C=O) groups is 1. The van der Waals surface area contributed by atoms with Crippen LogP contribution < -0.4 is 14.8 Å². The molecular weight excluding hydrogens is 392 g/mol. The minimum atomic E-state index is -0.541. The molecule has 0 saturated carbocycles. The maximum atomic E-state index is 12.3. The summed E-state index contributed by atoms with van der Waals surface area (Å²) in [5.74, 6) is 1.79. The van der Waals surface area contributed by atoms with Crippen LogP contribution in [-0.2, 0) is 4.79 Å². The van der Waals surface area contributed by atoms with E-state index in [1.807, 2.05) is 12.1 Å². The lowest BCUT2D eigenvalue weighted by atomic mass is 10.2. The predicted molar refractivity (Wildman–Crippen MR) is 107 cm³/mol. The minimum Gasteiger partial charge on any atom is -0.497 e. The Bertz CT molecular complexity index is 801. The van der Waals surface area contributed by atoms with Crippen molar-refractivity contribution >= 4 is 40.6 Å². The third-order valence-corrected chi connectivity index (χ3v) is 5.01. The first-order valence-corrected chi connectivity index (χ1v) is 9.46. The average Bonchev–Trinajstić information content (AvgIpc) is 2.67. The fourth-order valence-corrected chi connectivity index (χ4v) is 3.00. The van der Waals surface area contributed by atoms with E-state index in [2.05, 4.69) is 5.32 Å². The van der Waals surface area contributed by atoms with E-state index in [1.54, 1.807) is 26.2 Å². The molecule has 2 aromatic rings. The molecule has 0 bridgehead atoms. The van der Waals surface area contributed by atoms with Crippen molar-refractivity contribution in [3.8, 4) is 11.5 Å². The number of nitro benzene ring substituents is 1. The van der Waals surface area contributed by atoms with E-state index in [0.717, 1.165) is 11.5 Å². The number of hydrogen-bond acceptors (Lipinski definition) is 6. The molecule has 0 saturated heterocycles. The molecule has 0 aromatic heterocycles. The van der Waals surface area contributed by atoms with Crippen molar-refractivity contribution in [1.29, 1.82) is 0 Å². The number of halogens is 1. The summed E-state index contributed by atoms with van der Waals surface area (Å²) in [6, 6.07) is 11.1. The monoisotopic (exact) mass is 410 g/mol. The van der Waals surface area contributed by atoms with Crippen LogP contribution in [-0.4, -0.2) is 35.5 Å². The van der Waals surface area contributed by atoms with Gasteiger partial charge in [-0.3, -0.25) is 14.9 Å². The van der Waals surface area contributed by atoms with Gasteiger partial charge in [0.25, 0.3) is 5.69 Å². The van der Waals surface area contributed by atoms with Crippen LogP contribution in [0.4, 0.5) is 11.4 Å². The number of anilines is 1. The number of nitrogens with one attached hydrogen (secondary N) is 1. The maximum absolute atomic E-state index is 12.3. The Hall–Kier alpha value is -2.45. The van der Waals surface area contributed by atoms with Gasteiger partial charge in [0.2, 0.25) is 5.91 Å². The molecule has 144 valence electrons. The number of thioether (sulfide) groups is 1. The SMILES string of the molecule is COc1ccc(OCCSC(C)C(=O)Nc2cc([N+](=O)[O-])ccc2Cl)cc1. The van der Waals surface area contributed by atoms with Crippen LogP contribution >= 0.6 is 23.4 Å². The zero-order valence-corrected chi connectivity index (χ0v) is 16.4. The molecule has 0 spiro atoms. The zero-order valence-electron chi connectivity index (χ0n) is 14.8. The van der Waals surface area contributed by atoms with Crippen LogP contribution in [0.3, 0.4) is 0 Å². The number of nitrogens with zero attached hydrogens (tertiary/aromatic N) is 1. The number of amides is 1. The molecule has 1 unspecified atom stereocenters. The van der Waals surface area contributed by atoms with E-state index in [9.17, 15) is 14.9 Å². The highest BCUT2D eigenvalue weighted by Gasteiger charge is 2.17. The van der Waals surface area contributed by atoms with Gasteiger partial charge < -0.3 is 14.8 Å². The third kappa shape index (κ3) is 6.33. The highest BCUT2D eigenvalue weighted by atomic mass is 35.5. The van der Waals surface area contributed by atoms with Gasteiger partial charge in [0.05, 0.1) is 34.6 Å². The quantitative estimate of drug-likeness (QED) is 0.374. The van der Waals surface area contributed by atoms with Gasteiger partial charge in [0, 0.05) is 17.9 Å². The highest BCUT2D eigenvalue weighted by molar-refractivity contribution is 8.00. The highest BCUT2D eigenvalue weighted by Crippen LogP contribution is 2.27. The Labute approximate surface area is 166 Å². The minimum absolute atomic E-state index is 0.136. The summed E-state index contributed by atoms with van der Waals surface area (Å²) in [4.78, 5) is 22.6. The van der Waals surface area contributed by atoms with Gasteiger partial charge in [-0.15, -0.1) is 11.8 Å². The number of benzene rings is 2. The van der Waals surface area contributed by atoms with Crippen LogP contribution in [0.15, 0.2) is 42.5 Å². The molecular formula is C18H19ClN2O5S. The summed E-state index contributed by atoms with van der Waals surface area (Å²) in [5.41, 5.74) is 0.0840. The second-order valence-electron chi connectivity index (χ2n) is 5.45. The third-order valence-electron chi connectivity index (χ3n) is 3.57. The number of ether oxygens (including phenoxy) is 2. The van der Waals surface area contributed by atoms with E-state index in [4.69, 9.17) is 21.1 Å². The van der Waals surface area contributed by atoms with Crippen molar-refractivity contribution in [2.45, 2.75) is 12.2 Å². The fourth-order valence-electron chi connectivity index (χ4n) is 2.09. The predicted octanol–water partition coefficient (Wildman–Crippen LogP) is 4.40. The second-order valence-corrected chi connectivity index (χ2v) is 7.30. The lowest BCUT2D eigenvalue weighted by Gasteiger charge is -2.13. The van der Waals surface area contributed by atoms with Crippen molar-refractivity contribution in [1.82, 2.24) is 0 Å². The van der Waals surface area contributed by atoms with E-state index < -0.39 is 4.92 Å². The first kappa shape index (κ1) is 20.9. The molecule has 1 amide bonds. The Balaban J connectivity index is 1.80. The van der Waals surface area contributed by atoms with Crippen LogP contribution in [0.25, 0.3) is 0 Å². The van der Waals surface area contributed by atoms with Gasteiger partial charge in [-0.05, 0) is 37.3 Å². The molecule has 2 rings (SSSR count). The summed E-state index contributed by atoms with van der Waals surface area (Å²) in [6.45, 7) is 2.19. The summed E-state index contributed by atoms with van der Waals surface area (Å²) >= 11 is 7.40. The molecule has 1 atom stereocenters. The van der Waals surface area contributed by atoms with Crippen LogP contribution in [0.1, 0.15) is 6.92 Å². The van der Waals surface area contributed by atoms with Crippen LogP contribution in [0.5, 0.6) is 11.5 Å². The summed E-state index contributed by atoms with van der Waals surface area (Å²) in [7, 11) is 1.60. The van der Waals surface area contributed by atoms with E-state index in [1.165, 1.54) is 30.0 Å². The molecule has 0 aliphatic heterocycles. The van der Waals surface area contributed by atoms with Crippen LogP contribution in [0.2, 0.25) is 5.02 Å². The summed E-state index contributed by atoms with van der Waals surface area (Å²) in [5, 5.41) is 13.3. The molecule has 0 aliphatic rings. The molecule has 0 radical (unpaired) electrons. The van der Waals surface area contributed by atoms with Gasteiger partial charge in [0.1, 0.15) is 11.5 Å². The Morgan fingerprint density at radius 2 is 1.93 bits per heavy atom. The molecule has 0 aliphatic carbocycles. The van der Waals surface area contributed by atoms with Gasteiger partial charge in [-0.25, -0.2) is 0 Å². The lowest BCUT2D eigenvalue weighted by molar-refractivity contribution is -0.384. The lowest BCUT2D eigenvalue weighted by Crippen LogP contribution is -2.23. The van der Waals surface area contributed by atoms with Crippen molar-refractivity contribution in [3.63, 3.8) is 0 Å². The Kier molecular flexibility index (Phi) is 7.75. The maximum Gasteiger partial charge on any atom is 0.271 e. The first-order valence-electron chi connectivity index (χ1n) is 8.04. The molecule has 0 heterocycles. The number of carbonyl (C=O) groups excluding carboxylic acids is 1. The molecule has 9 heteroatoms. The van der Waals surface area contributed by atoms with Crippen molar-refractivity contribution in [3.05, 3.63) is 57.6 Å². The Morgan fingerprint density at radius 3 is 2.56 bits per heavy atom. The molecule has 2 aromatic carbocycles. The largest absolute Gasteiger partial charge is 0.497 e. The van der Waals surface area contributed by atoms with Crippen molar-refractivity contribution in [2.24, 2.45) is 0 Å². The molecule has 7 nitrogen and oxygen atoms in total. The zero-order chi connectivity index (χ0) is 19.8. The number of methoxy groups -OCH3 is 1. The number of non-ortho nitro benzene ring substituents is 1. The van der Waals surface area contributed by atoms with E-state index in [-0.39, 0.29) is 27.6 Å². The van der Waals surface area contributed by atoms with Crippen molar-refractivity contribution < 1.29 is 19.2 Å². The van der Waals surface area contributed by atoms with E-state index >= 15 is 0 Å². The first-order chi connectivity index (χ1) is 12.9. The van der Waals surface area contributed by atoms with E-state index in [0.29, 0.717) is 12.4 Å². The molecule has 1 N–H and O–H groups in total. The Morgan fingerprint density at radius 1 is 1.26 bits per heavy atom.